The van der Waals surface area contributed by atoms with E-state index in [1.165, 1.54) is 5.69 Å². The van der Waals surface area contributed by atoms with E-state index in [0.717, 1.165) is 50.0 Å². The minimum absolute atomic E-state index is 0.414. The monoisotopic (exact) mass is 395 g/mol. The molecule has 0 aliphatic carbocycles. The Morgan fingerprint density at radius 2 is 1.72 bits per heavy atom. The summed E-state index contributed by atoms with van der Waals surface area (Å²) in [6.45, 7) is 7.12. The Balaban J connectivity index is 1.60. The number of carbonyl (C=O) groups is 1. The van der Waals surface area contributed by atoms with Gasteiger partial charge in [0, 0.05) is 44.0 Å². The molecule has 0 spiro atoms. The number of guanidine groups is 1. The highest BCUT2D eigenvalue weighted by atomic mass is 16.5. The number of amides is 1. The number of piperazine rings is 1. The molecule has 154 valence electrons. The summed E-state index contributed by atoms with van der Waals surface area (Å²) >= 11 is 0. The second-order valence-electron chi connectivity index (χ2n) is 6.90. The summed E-state index contributed by atoms with van der Waals surface area (Å²) in [7, 11) is 1.68. The third-order valence-corrected chi connectivity index (χ3v) is 5.00. The summed E-state index contributed by atoms with van der Waals surface area (Å²) < 4.78 is 5.24. The standard InChI is InChI=1S/C22H29N5O2/c1-3-24-22(25-16-17-4-6-18(7-5-17)21(23)28)27-14-12-26(13-15-27)19-8-10-20(29-2)11-9-19/h4-11H,3,12-16H2,1-2H3,(H2,23,28)(H,24,25). The summed E-state index contributed by atoms with van der Waals surface area (Å²) in [5, 5.41) is 3.39. The number of benzene rings is 2. The van der Waals surface area contributed by atoms with E-state index in [0.29, 0.717) is 12.1 Å². The van der Waals surface area contributed by atoms with E-state index in [1.54, 1.807) is 19.2 Å². The van der Waals surface area contributed by atoms with Gasteiger partial charge in [-0.3, -0.25) is 4.79 Å². The molecular formula is C22H29N5O2. The Kier molecular flexibility index (Phi) is 6.94. The van der Waals surface area contributed by atoms with Crippen molar-refractivity contribution in [1.82, 2.24) is 10.2 Å². The number of rotatable bonds is 6. The number of anilines is 1. The number of methoxy groups -OCH3 is 1. The molecule has 0 aromatic heterocycles. The van der Waals surface area contributed by atoms with E-state index in [2.05, 4.69) is 34.2 Å². The highest BCUT2D eigenvalue weighted by Crippen LogP contribution is 2.20. The largest absolute Gasteiger partial charge is 0.497 e. The SMILES string of the molecule is CCNC(=NCc1ccc(C(N)=O)cc1)N1CCN(c2ccc(OC)cc2)CC1. The smallest absolute Gasteiger partial charge is 0.248 e. The lowest BCUT2D eigenvalue weighted by atomic mass is 10.1. The topological polar surface area (TPSA) is 83.2 Å². The predicted octanol–water partition coefficient (Wildman–Crippen LogP) is 2.08. The maximum Gasteiger partial charge on any atom is 0.248 e. The van der Waals surface area contributed by atoms with Crippen LogP contribution in [-0.2, 0) is 6.54 Å². The molecule has 1 saturated heterocycles. The molecule has 1 heterocycles. The first-order valence-electron chi connectivity index (χ1n) is 9.91. The van der Waals surface area contributed by atoms with Gasteiger partial charge in [0.1, 0.15) is 5.75 Å². The Morgan fingerprint density at radius 3 is 2.28 bits per heavy atom. The van der Waals surface area contributed by atoms with Gasteiger partial charge in [-0.25, -0.2) is 4.99 Å². The Labute approximate surface area is 172 Å². The lowest BCUT2D eigenvalue weighted by molar-refractivity contribution is 0.100. The minimum Gasteiger partial charge on any atom is -0.497 e. The van der Waals surface area contributed by atoms with E-state index in [1.807, 2.05) is 24.3 Å². The van der Waals surface area contributed by atoms with Crippen LogP contribution in [0.1, 0.15) is 22.8 Å². The molecule has 0 radical (unpaired) electrons. The molecule has 1 aliphatic rings. The molecule has 0 unspecified atom stereocenters. The van der Waals surface area contributed by atoms with Gasteiger partial charge in [-0.05, 0) is 48.9 Å². The van der Waals surface area contributed by atoms with Crippen LogP contribution < -0.4 is 20.7 Å². The highest BCUT2D eigenvalue weighted by Gasteiger charge is 2.19. The lowest BCUT2D eigenvalue weighted by Gasteiger charge is -2.37. The van der Waals surface area contributed by atoms with Crippen molar-refractivity contribution in [3.63, 3.8) is 0 Å². The van der Waals surface area contributed by atoms with E-state index < -0.39 is 5.91 Å². The van der Waals surface area contributed by atoms with Crippen LogP contribution in [0.5, 0.6) is 5.75 Å². The number of hydrogen-bond acceptors (Lipinski definition) is 4. The van der Waals surface area contributed by atoms with Crippen molar-refractivity contribution in [2.45, 2.75) is 13.5 Å². The maximum atomic E-state index is 11.2. The fourth-order valence-corrected chi connectivity index (χ4v) is 3.34. The van der Waals surface area contributed by atoms with Crippen LogP contribution >= 0.6 is 0 Å². The molecule has 3 rings (SSSR count). The summed E-state index contributed by atoms with van der Waals surface area (Å²) in [5.74, 6) is 1.38. The Bertz CT molecular complexity index is 825. The Morgan fingerprint density at radius 1 is 1.07 bits per heavy atom. The van der Waals surface area contributed by atoms with Crippen LogP contribution in [0.2, 0.25) is 0 Å². The molecule has 1 fully saturated rings. The molecule has 0 atom stereocenters. The van der Waals surface area contributed by atoms with Crippen LogP contribution in [0.15, 0.2) is 53.5 Å². The van der Waals surface area contributed by atoms with Crippen molar-refractivity contribution in [3.05, 3.63) is 59.7 Å². The van der Waals surface area contributed by atoms with Crippen molar-refractivity contribution < 1.29 is 9.53 Å². The fourth-order valence-electron chi connectivity index (χ4n) is 3.34. The van der Waals surface area contributed by atoms with Gasteiger partial charge in [0.15, 0.2) is 5.96 Å². The lowest BCUT2D eigenvalue weighted by Crippen LogP contribution is -2.52. The summed E-state index contributed by atoms with van der Waals surface area (Å²) in [4.78, 5) is 20.7. The Hall–Kier alpha value is -3.22. The van der Waals surface area contributed by atoms with Crippen LogP contribution in [-0.4, -0.2) is 56.6 Å². The molecule has 2 aromatic rings. The zero-order valence-corrected chi connectivity index (χ0v) is 17.1. The molecule has 3 N–H and O–H groups in total. The number of nitrogens with two attached hydrogens (primary N) is 1. The average Bonchev–Trinajstić information content (AvgIpc) is 2.77. The summed E-state index contributed by atoms with van der Waals surface area (Å²) in [6, 6.07) is 15.5. The molecule has 0 saturated carbocycles. The summed E-state index contributed by atoms with van der Waals surface area (Å²) in [5.41, 5.74) is 8.06. The normalized spacial score (nSPS) is 14.6. The quantitative estimate of drug-likeness (QED) is 0.578. The third kappa shape index (κ3) is 5.40. The molecule has 29 heavy (non-hydrogen) atoms. The van der Waals surface area contributed by atoms with Crippen LogP contribution in [0, 0.1) is 0 Å². The minimum atomic E-state index is -0.414. The van der Waals surface area contributed by atoms with Gasteiger partial charge in [0.05, 0.1) is 13.7 Å². The molecule has 1 amide bonds. The number of ether oxygens (including phenoxy) is 1. The molecule has 1 aliphatic heterocycles. The van der Waals surface area contributed by atoms with Gasteiger partial charge in [-0.15, -0.1) is 0 Å². The number of nitrogens with one attached hydrogen (secondary N) is 1. The predicted molar refractivity (Wildman–Crippen MR) is 117 cm³/mol. The van der Waals surface area contributed by atoms with Crippen LogP contribution in [0.4, 0.5) is 5.69 Å². The highest BCUT2D eigenvalue weighted by molar-refractivity contribution is 5.92. The number of hydrogen-bond donors (Lipinski definition) is 2. The molecule has 7 heteroatoms. The zero-order chi connectivity index (χ0) is 20.6. The molecule has 0 bridgehead atoms. The van der Waals surface area contributed by atoms with Crippen LogP contribution in [0.25, 0.3) is 0 Å². The number of nitrogens with zero attached hydrogens (tertiary/aromatic N) is 3. The van der Waals surface area contributed by atoms with Gasteiger partial charge >= 0.3 is 0 Å². The first-order valence-corrected chi connectivity index (χ1v) is 9.91. The first-order chi connectivity index (χ1) is 14.1. The second kappa shape index (κ2) is 9.82. The van der Waals surface area contributed by atoms with Crippen molar-refractivity contribution >= 4 is 17.6 Å². The van der Waals surface area contributed by atoms with Gasteiger partial charge in [-0.2, -0.15) is 0 Å². The molecular weight excluding hydrogens is 366 g/mol. The van der Waals surface area contributed by atoms with Gasteiger partial charge in [0.25, 0.3) is 0 Å². The maximum absolute atomic E-state index is 11.2. The van der Waals surface area contributed by atoms with E-state index in [4.69, 9.17) is 15.5 Å². The van der Waals surface area contributed by atoms with Gasteiger partial charge in [0.2, 0.25) is 5.91 Å². The van der Waals surface area contributed by atoms with Crippen molar-refractivity contribution in [1.29, 1.82) is 0 Å². The van der Waals surface area contributed by atoms with Gasteiger partial charge in [-0.1, -0.05) is 12.1 Å². The zero-order valence-electron chi connectivity index (χ0n) is 17.1. The fraction of sp³-hybridized carbons (Fsp3) is 0.364. The average molecular weight is 396 g/mol. The van der Waals surface area contributed by atoms with Gasteiger partial charge < -0.3 is 25.6 Å². The molecule has 2 aromatic carbocycles. The first kappa shape index (κ1) is 20.5. The van der Waals surface area contributed by atoms with Crippen LogP contribution in [0.3, 0.4) is 0 Å². The summed E-state index contributed by atoms with van der Waals surface area (Å²) in [6.07, 6.45) is 0. The second-order valence-corrected chi connectivity index (χ2v) is 6.90. The van der Waals surface area contributed by atoms with E-state index in [9.17, 15) is 4.79 Å². The third-order valence-electron chi connectivity index (χ3n) is 5.00. The van der Waals surface area contributed by atoms with Crippen molar-refractivity contribution in [3.8, 4) is 5.75 Å². The van der Waals surface area contributed by atoms with Crippen molar-refractivity contribution in [2.75, 3.05) is 44.7 Å². The van der Waals surface area contributed by atoms with Crippen molar-refractivity contribution in [2.24, 2.45) is 10.7 Å². The van der Waals surface area contributed by atoms with E-state index >= 15 is 0 Å². The molecule has 7 nitrogen and oxygen atoms in total. The van der Waals surface area contributed by atoms with E-state index in [-0.39, 0.29) is 0 Å². The number of carbonyl (C=O) groups excluding carboxylic acids is 1. The number of primary amides is 1. The number of aliphatic imine (C=N–C) groups is 1.